The SMILES string of the molecule is Cc1cccc(NC(N)=NCc2ccc(Cn3ccccc3=O)cc2)c1. The quantitative estimate of drug-likeness (QED) is 0.551. The first-order chi connectivity index (χ1) is 12.6. The lowest BCUT2D eigenvalue weighted by atomic mass is 10.1. The maximum absolute atomic E-state index is 11.8. The summed E-state index contributed by atoms with van der Waals surface area (Å²) in [6, 6.07) is 21.2. The summed E-state index contributed by atoms with van der Waals surface area (Å²) in [5.41, 5.74) is 10.2. The molecule has 1 heterocycles. The fraction of sp³-hybridized carbons (Fsp3) is 0.143. The van der Waals surface area contributed by atoms with E-state index in [-0.39, 0.29) is 5.56 Å². The van der Waals surface area contributed by atoms with Crippen LogP contribution in [0.25, 0.3) is 0 Å². The summed E-state index contributed by atoms with van der Waals surface area (Å²) >= 11 is 0. The first-order valence-electron chi connectivity index (χ1n) is 8.47. The molecular weight excluding hydrogens is 324 g/mol. The van der Waals surface area contributed by atoms with E-state index in [9.17, 15) is 4.79 Å². The number of hydrogen-bond donors (Lipinski definition) is 2. The fourth-order valence-corrected chi connectivity index (χ4v) is 2.62. The van der Waals surface area contributed by atoms with Gasteiger partial charge in [0.25, 0.3) is 5.56 Å². The summed E-state index contributed by atoms with van der Waals surface area (Å²) in [5.74, 6) is 0.385. The molecule has 3 aromatic rings. The molecule has 5 nitrogen and oxygen atoms in total. The van der Waals surface area contributed by atoms with Gasteiger partial charge in [-0.1, -0.05) is 42.5 Å². The smallest absolute Gasteiger partial charge is 0.250 e. The molecule has 0 unspecified atom stereocenters. The van der Waals surface area contributed by atoms with Crippen LogP contribution in [0.3, 0.4) is 0 Å². The Labute approximate surface area is 152 Å². The Bertz CT molecular complexity index is 958. The van der Waals surface area contributed by atoms with Gasteiger partial charge in [-0.05, 0) is 41.8 Å². The van der Waals surface area contributed by atoms with Crippen molar-refractivity contribution >= 4 is 11.6 Å². The standard InChI is InChI=1S/C21H22N4O/c1-16-5-4-6-19(13-16)24-21(22)23-14-17-8-10-18(11-9-17)15-25-12-3-2-7-20(25)26/h2-13H,14-15H2,1H3,(H3,22,23,24). The molecule has 0 saturated heterocycles. The van der Waals surface area contributed by atoms with Crippen LogP contribution in [0, 0.1) is 6.92 Å². The second-order valence-corrected chi connectivity index (χ2v) is 6.18. The van der Waals surface area contributed by atoms with Crippen molar-refractivity contribution in [3.63, 3.8) is 0 Å². The molecule has 3 rings (SSSR count). The van der Waals surface area contributed by atoms with Gasteiger partial charge in [0.1, 0.15) is 0 Å². The minimum Gasteiger partial charge on any atom is -0.370 e. The molecule has 132 valence electrons. The molecule has 0 amide bonds. The van der Waals surface area contributed by atoms with E-state index in [1.807, 2.05) is 61.5 Å². The highest BCUT2D eigenvalue weighted by Crippen LogP contribution is 2.10. The third-order valence-corrected chi connectivity index (χ3v) is 4.00. The van der Waals surface area contributed by atoms with Crippen LogP contribution < -0.4 is 16.6 Å². The number of aliphatic imine (C=N–C) groups is 1. The average molecular weight is 346 g/mol. The van der Waals surface area contributed by atoms with E-state index in [1.165, 1.54) is 0 Å². The highest BCUT2D eigenvalue weighted by Gasteiger charge is 1.99. The number of rotatable bonds is 5. The normalized spacial score (nSPS) is 11.3. The van der Waals surface area contributed by atoms with Gasteiger partial charge in [0.05, 0.1) is 13.1 Å². The highest BCUT2D eigenvalue weighted by molar-refractivity contribution is 5.92. The third kappa shape index (κ3) is 4.83. The first-order valence-corrected chi connectivity index (χ1v) is 8.47. The van der Waals surface area contributed by atoms with E-state index in [2.05, 4.69) is 10.3 Å². The van der Waals surface area contributed by atoms with E-state index < -0.39 is 0 Å². The monoisotopic (exact) mass is 346 g/mol. The zero-order valence-electron chi connectivity index (χ0n) is 14.7. The van der Waals surface area contributed by atoms with Crippen LogP contribution in [0.15, 0.2) is 82.7 Å². The predicted octanol–water partition coefficient (Wildman–Crippen LogP) is 3.13. The Hall–Kier alpha value is -3.34. The summed E-state index contributed by atoms with van der Waals surface area (Å²) in [6.07, 6.45) is 1.79. The molecular formula is C21H22N4O. The average Bonchev–Trinajstić information content (AvgIpc) is 2.63. The number of nitrogens with one attached hydrogen (secondary N) is 1. The van der Waals surface area contributed by atoms with Gasteiger partial charge < -0.3 is 15.6 Å². The Morgan fingerprint density at radius 2 is 1.81 bits per heavy atom. The van der Waals surface area contributed by atoms with Crippen LogP contribution in [0.5, 0.6) is 0 Å². The van der Waals surface area contributed by atoms with Crippen molar-refractivity contribution < 1.29 is 0 Å². The van der Waals surface area contributed by atoms with Crippen LogP contribution in [-0.4, -0.2) is 10.5 Å². The van der Waals surface area contributed by atoms with Crippen LogP contribution in [0.4, 0.5) is 5.69 Å². The van der Waals surface area contributed by atoms with Crippen molar-refractivity contribution in [3.8, 4) is 0 Å². The lowest BCUT2D eigenvalue weighted by molar-refractivity contribution is 0.759. The molecule has 3 N–H and O–H groups in total. The number of nitrogens with two attached hydrogens (primary N) is 1. The Morgan fingerprint density at radius 1 is 1.04 bits per heavy atom. The number of pyridine rings is 1. The van der Waals surface area contributed by atoms with Gasteiger partial charge >= 0.3 is 0 Å². The van der Waals surface area contributed by atoms with Crippen molar-refractivity contribution in [2.45, 2.75) is 20.0 Å². The maximum Gasteiger partial charge on any atom is 0.250 e. The van der Waals surface area contributed by atoms with Gasteiger partial charge in [-0.25, -0.2) is 4.99 Å². The molecule has 0 saturated carbocycles. The Morgan fingerprint density at radius 3 is 2.54 bits per heavy atom. The zero-order chi connectivity index (χ0) is 18.4. The minimum absolute atomic E-state index is 0.00354. The molecule has 0 atom stereocenters. The molecule has 0 aliphatic heterocycles. The first kappa shape index (κ1) is 17.5. The van der Waals surface area contributed by atoms with Crippen LogP contribution in [-0.2, 0) is 13.1 Å². The maximum atomic E-state index is 11.8. The van der Waals surface area contributed by atoms with E-state index in [1.54, 1.807) is 22.9 Å². The third-order valence-electron chi connectivity index (χ3n) is 4.00. The summed E-state index contributed by atoms with van der Waals surface area (Å²) in [5, 5.41) is 3.09. The van der Waals surface area contributed by atoms with E-state index in [0.29, 0.717) is 19.0 Å². The summed E-state index contributed by atoms with van der Waals surface area (Å²) in [4.78, 5) is 16.1. The van der Waals surface area contributed by atoms with Gasteiger partial charge in [-0.3, -0.25) is 4.79 Å². The summed E-state index contributed by atoms with van der Waals surface area (Å²) in [6.45, 7) is 3.08. The largest absolute Gasteiger partial charge is 0.370 e. The number of benzene rings is 2. The number of anilines is 1. The topological polar surface area (TPSA) is 72.4 Å². The van der Waals surface area contributed by atoms with Crippen LogP contribution in [0.2, 0.25) is 0 Å². The zero-order valence-corrected chi connectivity index (χ0v) is 14.7. The minimum atomic E-state index is -0.00354. The lowest BCUT2D eigenvalue weighted by Crippen LogP contribution is -2.22. The summed E-state index contributed by atoms with van der Waals surface area (Å²) < 4.78 is 1.68. The molecule has 5 heteroatoms. The molecule has 26 heavy (non-hydrogen) atoms. The molecule has 2 aromatic carbocycles. The van der Waals surface area contributed by atoms with E-state index in [4.69, 9.17) is 5.73 Å². The molecule has 0 fully saturated rings. The Kier molecular flexibility index (Phi) is 5.49. The molecule has 0 aliphatic rings. The molecule has 0 aliphatic carbocycles. The lowest BCUT2D eigenvalue weighted by Gasteiger charge is -2.07. The van der Waals surface area contributed by atoms with Crippen molar-refractivity contribution in [3.05, 3.63) is 100.0 Å². The van der Waals surface area contributed by atoms with E-state index >= 15 is 0 Å². The van der Waals surface area contributed by atoms with Gasteiger partial charge in [-0.15, -0.1) is 0 Å². The van der Waals surface area contributed by atoms with Gasteiger partial charge in [0, 0.05) is 18.0 Å². The second kappa shape index (κ2) is 8.16. The van der Waals surface area contributed by atoms with Gasteiger partial charge in [-0.2, -0.15) is 0 Å². The highest BCUT2D eigenvalue weighted by atomic mass is 16.1. The van der Waals surface area contributed by atoms with Crippen molar-refractivity contribution in [2.24, 2.45) is 10.7 Å². The Balaban J connectivity index is 1.60. The molecule has 1 aromatic heterocycles. The molecule has 0 radical (unpaired) electrons. The van der Waals surface area contributed by atoms with E-state index in [0.717, 1.165) is 22.4 Å². The van der Waals surface area contributed by atoms with Crippen molar-refractivity contribution in [2.75, 3.05) is 5.32 Å². The number of aryl methyl sites for hydroxylation is 1. The summed E-state index contributed by atoms with van der Waals surface area (Å²) in [7, 11) is 0. The predicted molar refractivity (Wildman–Crippen MR) is 106 cm³/mol. The number of aromatic nitrogens is 1. The number of guanidine groups is 1. The van der Waals surface area contributed by atoms with Crippen LogP contribution >= 0.6 is 0 Å². The molecule has 0 spiro atoms. The van der Waals surface area contributed by atoms with Crippen molar-refractivity contribution in [1.82, 2.24) is 4.57 Å². The second-order valence-electron chi connectivity index (χ2n) is 6.18. The van der Waals surface area contributed by atoms with Crippen molar-refractivity contribution in [1.29, 1.82) is 0 Å². The molecule has 0 bridgehead atoms. The number of hydrogen-bond acceptors (Lipinski definition) is 2. The van der Waals surface area contributed by atoms with Crippen LogP contribution in [0.1, 0.15) is 16.7 Å². The number of nitrogens with zero attached hydrogens (tertiary/aromatic N) is 2. The fourth-order valence-electron chi connectivity index (χ4n) is 2.62. The van der Waals surface area contributed by atoms with Gasteiger partial charge in [0.2, 0.25) is 0 Å². The van der Waals surface area contributed by atoms with Gasteiger partial charge in [0.15, 0.2) is 5.96 Å².